The third kappa shape index (κ3) is 4.20. The maximum Gasteiger partial charge on any atom is 0.0857 e. The van der Waals surface area contributed by atoms with Crippen molar-refractivity contribution in [2.24, 2.45) is 0 Å². The van der Waals surface area contributed by atoms with Crippen molar-refractivity contribution >= 4 is 11.4 Å². The molecule has 168 valence electrons. The molecular formula is C29H22N6. The number of benzene rings is 4. The molecule has 1 N–H and O–H groups in total. The summed E-state index contributed by atoms with van der Waals surface area (Å²) in [6, 6.07) is 35.3. The molecule has 2 heterocycles. The third-order valence-corrected chi connectivity index (χ3v) is 5.90. The first-order chi connectivity index (χ1) is 17.3. The summed E-state index contributed by atoms with van der Waals surface area (Å²) >= 11 is 0. The van der Waals surface area contributed by atoms with Gasteiger partial charge in [0.1, 0.15) is 0 Å². The molecule has 6 heteroatoms. The van der Waals surface area contributed by atoms with Crippen LogP contribution in [0, 0.1) is 0 Å². The fourth-order valence-corrected chi connectivity index (χ4v) is 4.17. The number of nitrogens with one attached hydrogen (secondary N) is 1. The zero-order valence-corrected chi connectivity index (χ0v) is 18.9. The van der Waals surface area contributed by atoms with Gasteiger partial charge in [-0.3, -0.25) is 0 Å². The minimum atomic E-state index is 0.924. The lowest BCUT2D eigenvalue weighted by molar-refractivity contribution is 0.752. The number of nitrogens with zero attached hydrogens (tertiary/aromatic N) is 5. The molecule has 6 nitrogen and oxygen atoms in total. The van der Waals surface area contributed by atoms with Gasteiger partial charge in [-0.05, 0) is 53.6 Å². The second-order valence-electron chi connectivity index (χ2n) is 8.08. The summed E-state index contributed by atoms with van der Waals surface area (Å²) in [6.45, 7) is 0. The van der Waals surface area contributed by atoms with Crippen LogP contribution in [0.5, 0.6) is 0 Å². The summed E-state index contributed by atoms with van der Waals surface area (Å²) in [5, 5.41) is 16.4. The van der Waals surface area contributed by atoms with E-state index in [0.29, 0.717) is 0 Å². The van der Waals surface area contributed by atoms with Gasteiger partial charge in [-0.2, -0.15) is 20.1 Å². The highest BCUT2D eigenvalue weighted by Gasteiger charge is 2.10. The van der Waals surface area contributed by atoms with Crippen LogP contribution in [0.4, 0.5) is 11.4 Å². The van der Waals surface area contributed by atoms with E-state index in [4.69, 9.17) is 0 Å². The molecule has 0 unspecified atom stereocenters. The van der Waals surface area contributed by atoms with E-state index in [-0.39, 0.29) is 0 Å². The summed E-state index contributed by atoms with van der Waals surface area (Å²) in [6.07, 6.45) is 7.08. The highest BCUT2D eigenvalue weighted by molar-refractivity contribution is 5.87. The lowest BCUT2D eigenvalue weighted by Gasteiger charge is -2.16. The Balaban J connectivity index is 1.31. The van der Waals surface area contributed by atoms with Gasteiger partial charge >= 0.3 is 0 Å². The summed E-state index contributed by atoms with van der Waals surface area (Å²) in [5.41, 5.74) is 8.55. The fraction of sp³-hybridized carbons (Fsp3) is 0. The first-order valence-electron chi connectivity index (χ1n) is 11.4. The average Bonchev–Trinajstić information content (AvgIpc) is 3.65. The number of aromatic nitrogens is 5. The Morgan fingerprint density at radius 2 is 1.03 bits per heavy atom. The van der Waals surface area contributed by atoms with Crippen molar-refractivity contribution in [2.75, 3.05) is 5.32 Å². The van der Waals surface area contributed by atoms with Crippen LogP contribution < -0.4 is 5.32 Å². The molecule has 0 bridgehead atoms. The van der Waals surface area contributed by atoms with Crippen LogP contribution in [0.3, 0.4) is 0 Å². The summed E-state index contributed by atoms with van der Waals surface area (Å²) in [4.78, 5) is 1.61. The smallest absolute Gasteiger partial charge is 0.0857 e. The van der Waals surface area contributed by atoms with Gasteiger partial charge in [0.25, 0.3) is 0 Å². The standard InChI is InChI=1S/C29H22N6/c1-3-8-28(26(6-1)22-10-14-24(15-11-22)34-21-5-18-30-34)33-29-9-4-2-7-27(29)23-12-16-25(17-13-23)35-31-19-20-32-35/h1-21,33H. The molecule has 4 aromatic carbocycles. The Kier molecular flexibility index (Phi) is 5.37. The Hall–Kier alpha value is -4.97. The first-order valence-corrected chi connectivity index (χ1v) is 11.4. The van der Waals surface area contributed by atoms with E-state index in [0.717, 1.165) is 45.0 Å². The van der Waals surface area contributed by atoms with E-state index in [9.17, 15) is 0 Å². The van der Waals surface area contributed by atoms with E-state index in [1.54, 1.807) is 23.4 Å². The third-order valence-electron chi connectivity index (χ3n) is 5.90. The highest BCUT2D eigenvalue weighted by atomic mass is 15.5. The van der Waals surface area contributed by atoms with E-state index < -0.39 is 0 Å². The molecule has 0 saturated carbocycles. The molecule has 0 fully saturated rings. The fourth-order valence-electron chi connectivity index (χ4n) is 4.17. The summed E-state index contributed by atoms with van der Waals surface area (Å²) in [7, 11) is 0. The van der Waals surface area contributed by atoms with E-state index in [1.165, 1.54) is 0 Å². The predicted molar refractivity (Wildman–Crippen MR) is 139 cm³/mol. The molecule has 6 rings (SSSR count). The van der Waals surface area contributed by atoms with Gasteiger partial charge in [-0.15, -0.1) is 0 Å². The minimum Gasteiger partial charge on any atom is -0.355 e. The van der Waals surface area contributed by atoms with Crippen molar-refractivity contribution in [2.45, 2.75) is 0 Å². The van der Waals surface area contributed by atoms with Gasteiger partial charge in [0, 0.05) is 34.9 Å². The maximum atomic E-state index is 4.32. The van der Waals surface area contributed by atoms with Crippen LogP contribution >= 0.6 is 0 Å². The first kappa shape index (κ1) is 20.6. The van der Waals surface area contributed by atoms with Crippen LogP contribution in [0.25, 0.3) is 33.6 Å². The molecule has 0 amide bonds. The molecule has 0 aliphatic carbocycles. The van der Waals surface area contributed by atoms with Crippen LogP contribution in [0.15, 0.2) is 128 Å². The zero-order valence-electron chi connectivity index (χ0n) is 18.9. The van der Waals surface area contributed by atoms with E-state index in [2.05, 4.69) is 106 Å². The molecular weight excluding hydrogens is 432 g/mol. The van der Waals surface area contributed by atoms with Gasteiger partial charge in [0.05, 0.1) is 23.8 Å². The van der Waals surface area contributed by atoms with Crippen molar-refractivity contribution < 1.29 is 0 Å². The molecule has 0 aliphatic rings. The lowest BCUT2D eigenvalue weighted by atomic mass is 10.0. The zero-order chi connectivity index (χ0) is 23.5. The Bertz CT molecular complexity index is 1420. The number of hydrogen-bond acceptors (Lipinski definition) is 4. The van der Waals surface area contributed by atoms with Gasteiger partial charge in [0.15, 0.2) is 0 Å². The van der Waals surface area contributed by atoms with Crippen molar-refractivity contribution in [1.82, 2.24) is 24.8 Å². The minimum absolute atomic E-state index is 0.924. The predicted octanol–water partition coefficient (Wildman–Crippen LogP) is 6.53. The van der Waals surface area contributed by atoms with Gasteiger partial charge in [-0.1, -0.05) is 60.7 Å². The van der Waals surface area contributed by atoms with Gasteiger partial charge in [-0.25, -0.2) is 4.68 Å². The summed E-state index contributed by atoms with van der Waals surface area (Å²) in [5.74, 6) is 0. The monoisotopic (exact) mass is 454 g/mol. The molecule has 6 aromatic rings. The van der Waals surface area contributed by atoms with E-state index >= 15 is 0 Å². The highest BCUT2D eigenvalue weighted by Crippen LogP contribution is 2.35. The largest absolute Gasteiger partial charge is 0.355 e. The maximum absolute atomic E-state index is 4.32. The van der Waals surface area contributed by atoms with Crippen molar-refractivity contribution in [3.63, 3.8) is 0 Å². The summed E-state index contributed by atoms with van der Waals surface area (Å²) < 4.78 is 1.86. The SMILES string of the molecule is c1ccc(-c2ccc(-n3cccn3)cc2)c(Nc2ccccc2-c2ccc(-n3nccn3)cc2)c1. The number of hydrogen-bond donors (Lipinski definition) is 1. The van der Waals surface area contributed by atoms with Crippen LogP contribution in [-0.4, -0.2) is 24.8 Å². The molecule has 0 atom stereocenters. The van der Waals surface area contributed by atoms with Gasteiger partial charge in [0.2, 0.25) is 0 Å². The molecule has 0 saturated heterocycles. The van der Waals surface area contributed by atoms with Gasteiger partial charge < -0.3 is 5.32 Å². The van der Waals surface area contributed by atoms with Crippen LogP contribution in [-0.2, 0) is 0 Å². The molecule has 2 aromatic heterocycles. The van der Waals surface area contributed by atoms with Crippen molar-refractivity contribution in [3.8, 4) is 33.6 Å². The molecule has 0 spiro atoms. The normalized spacial score (nSPS) is 10.9. The second-order valence-corrected chi connectivity index (χ2v) is 8.08. The quantitative estimate of drug-likeness (QED) is 0.311. The average molecular weight is 455 g/mol. The topological polar surface area (TPSA) is 60.6 Å². The van der Waals surface area contributed by atoms with Crippen LogP contribution in [0.1, 0.15) is 0 Å². The molecule has 0 aliphatic heterocycles. The second kappa shape index (κ2) is 9.11. The number of rotatable bonds is 6. The Labute approximate surface area is 203 Å². The number of anilines is 2. The Morgan fingerprint density at radius 1 is 0.486 bits per heavy atom. The Morgan fingerprint density at radius 3 is 1.57 bits per heavy atom. The van der Waals surface area contributed by atoms with E-state index in [1.807, 2.05) is 29.1 Å². The molecule has 35 heavy (non-hydrogen) atoms. The van der Waals surface area contributed by atoms with Crippen molar-refractivity contribution in [1.29, 1.82) is 0 Å². The van der Waals surface area contributed by atoms with Crippen molar-refractivity contribution in [3.05, 3.63) is 128 Å². The number of para-hydroxylation sites is 2. The van der Waals surface area contributed by atoms with Crippen LogP contribution in [0.2, 0.25) is 0 Å². The lowest BCUT2D eigenvalue weighted by Crippen LogP contribution is -1.98. The molecule has 0 radical (unpaired) electrons.